The first-order valence-electron chi connectivity index (χ1n) is 5.93. The first kappa shape index (κ1) is 14.3. The van der Waals surface area contributed by atoms with Crippen LogP contribution in [0.4, 0.5) is 0 Å². The van der Waals surface area contributed by atoms with Crippen LogP contribution in [0.2, 0.25) is 0 Å². The molecular formula is C15H21NO2. The van der Waals surface area contributed by atoms with Gasteiger partial charge in [-0.05, 0) is 24.1 Å². The van der Waals surface area contributed by atoms with Gasteiger partial charge in [0.15, 0.2) is 11.5 Å². The summed E-state index contributed by atoms with van der Waals surface area (Å²) < 4.78 is 10.5. The fourth-order valence-corrected chi connectivity index (χ4v) is 1.80. The van der Waals surface area contributed by atoms with Crippen LogP contribution in [-0.4, -0.2) is 20.8 Å². The average Bonchev–Trinajstić information content (AvgIpc) is 2.42. The molecule has 3 heteroatoms. The Labute approximate surface area is 109 Å². The Kier molecular flexibility index (Phi) is 6.01. The van der Waals surface area contributed by atoms with E-state index in [1.54, 1.807) is 14.2 Å². The molecular weight excluding hydrogens is 226 g/mol. The zero-order valence-electron chi connectivity index (χ0n) is 11.1. The van der Waals surface area contributed by atoms with E-state index in [9.17, 15) is 0 Å². The maximum Gasteiger partial charge on any atom is 0.161 e. The van der Waals surface area contributed by atoms with Crippen molar-refractivity contribution in [1.29, 1.82) is 0 Å². The molecule has 0 aliphatic heterocycles. The predicted molar refractivity (Wildman–Crippen MR) is 75.3 cm³/mol. The molecule has 1 aromatic carbocycles. The van der Waals surface area contributed by atoms with Crippen molar-refractivity contribution >= 4 is 0 Å². The molecule has 1 rings (SSSR count). The summed E-state index contributed by atoms with van der Waals surface area (Å²) in [4.78, 5) is 0. The minimum atomic E-state index is 0.209. The van der Waals surface area contributed by atoms with Crippen molar-refractivity contribution in [3.05, 3.63) is 49.1 Å². The monoisotopic (exact) mass is 247 g/mol. The van der Waals surface area contributed by atoms with Gasteiger partial charge in [0, 0.05) is 12.6 Å². The number of benzene rings is 1. The van der Waals surface area contributed by atoms with Crippen LogP contribution in [0, 0.1) is 0 Å². The molecule has 18 heavy (non-hydrogen) atoms. The van der Waals surface area contributed by atoms with E-state index in [4.69, 9.17) is 9.47 Å². The van der Waals surface area contributed by atoms with Crippen LogP contribution >= 0.6 is 0 Å². The average molecular weight is 247 g/mol. The molecule has 98 valence electrons. The molecule has 0 aliphatic carbocycles. The van der Waals surface area contributed by atoms with Crippen LogP contribution < -0.4 is 14.8 Å². The van der Waals surface area contributed by atoms with Crippen LogP contribution in [0.1, 0.15) is 18.0 Å². The Morgan fingerprint density at radius 1 is 1.17 bits per heavy atom. The van der Waals surface area contributed by atoms with Gasteiger partial charge in [0.2, 0.25) is 0 Å². The molecule has 0 saturated heterocycles. The topological polar surface area (TPSA) is 30.5 Å². The molecule has 3 nitrogen and oxygen atoms in total. The van der Waals surface area contributed by atoms with Crippen LogP contribution in [0.5, 0.6) is 11.5 Å². The van der Waals surface area contributed by atoms with Gasteiger partial charge in [-0.15, -0.1) is 13.2 Å². The van der Waals surface area contributed by atoms with Crippen LogP contribution in [0.3, 0.4) is 0 Å². The van der Waals surface area contributed by atoms with Gasteiger partial charge in [-0.1, -0.05) is 18.2 Å². The number of methoxy groups -OCH3 is 2. The molecule has 0 fully saturated rings. The fraction of sp³-hybridized carbons (Fsp3) is 0.333. The summed E-state index contributed by atoms with van der Waals surface area (Å²) in [6, 6.07) is 6.15. The number of nitrogens with one attached hydrogen (secondary N) is 1. The van der Waals surface area contributed by atoms with E-state index in [-0.39, 0.29) is 6.04 Å². The van der Waals surface area contributed by atoms with Gasteiger partial charge in [-0.25, -0.2) is 0 Å². The van der Waals surface area contributed by atoms with E-state index in [2.05, 4.69) is 18.5 Å². The Bertz CT molecular complexity index is 401. The molecule has 0 spiro atoms. The molecule has 1 aromatic rings. The zero-order valence-corrected chi connectivity index (χ0v) is 11.1. The summed E-state index contributed by atoms with van der Waals surface area (Å²) in [5.74, 6) is 1.48. The summed E-state index contributed by atoms with van der Waals surface area (Å²) in [6.07, 6.45) is 4.59. The number of hydrogen-bond acceptors (Lipinski definition) is 3. The maximum atomic E-state index is 5.31. The summed E-state index contributed by atoms with van der Waals surface area (Å²) in [6.45, 7) is 8.26. The lowest BCUT2D eigenvalue weighted by Crippen LogP contribution is -2.20. The van der Waals surface area contributed by atoms with Crippen LogP contribution in [0.15, 0.2) is 43.5 Å². The first-order chi connectivity index (χ1) is 8.76. The van der Waals surface area contributed by atoms with Gasteiger partial charge in [0.05, 0.1) is 14.2 Å². The summed E-state index contributed by atoms with van der Waals surface area (Å²) in [5, 5.41) is 3.39. The molecule has 1 atom stereocenters. The third-order valence-electron chi connectivity index (χ3n) is 2.72. The normalized spacial score (nSPS) is 11.7. The molecule has 1 N–H and O–H groups in total. The van der Waals surface area contributed by atoms with E-state index >= 15 is 0 Å². The minimum Gasteiger partial charge on any atom is -0.493 e. The summed E-state index contributed by atoms with van der Waals surface area (Å²) >= 11 is 0. The lowest BCUT2D eigenvalue weighted by Gasteiger charge is -2.18. The minimum absolute atomic E-state index is 0.209. The summed E-state index contributed by atoms with van der Waals surface area (Å²) in [5.41, 5.74) is 1.15. The third kappa shape index (κ3) is 3.64. The molecule has 0 aromatic heterocycles. The molecule has 0 heterocycles. The Morgan fingerprint density at radius 3 is 2.44 bits per heavy atom. The SMILES string of the molecule is C=CCNC(CC=C)c1ccc(OC)c(OC)c1. The van der Waals surface area contributed by atoms with Gasteiger partial charge in [0.25, 0.3) is 0 Å². The van der Waals surface area contributed by atoms with Crippen molar-refractivity contribution in [2.24, 2.45) is 0 Å². The first-order valence-corrected chi connectivity index (χ1v) is 5.93. The zero-order chi connectivity index (χ0) is 13.4. The van der Waals surface area contributed by atoms with Gasteiger partial charge < -0.3 is 14.8 Å². The van der Waals surface area contributed by atoms with Crippen molar-refractivity contribution < 1.29 is 9.47 Å². The molecule has 0 bridgehead atoms. The lowest BCUT2D eigenvalue weighted by molar-refractivity contribution is 0.354. The molecule has 0 saturated carbocycles. The van der Waals surface area contributed by atoms with Crippen LogP contribution in [0.25, 0.3) is 0 Å². The van der Waals surface area contributed by atoms with E-state index in [0.717, 1.165) is 30.0 Å². The number of rotatable bonds is 8. The fourth-order valence-electron chi connectivity index (χ4n) is 1.80. The van der Waals surface area contributed by atoms with Gasteiger partial charge in [-0.2, -0.15) is 0 Å². The van der Waals surface area contributed by atoms with E-state index in [0.29, 0.717) is 0 Å². The van der Waals surface area contributed by atoms with Crippen molar-refractivity contribution in [1.82, 2.24) is 5.32 Å². The van der Waals surface area contributed by atoms with Crippen molar-refractivity contribution in [3.63, 3.8) is 0 Å². The highest BCUT2D eigenvalue weighted by atomic mass is 16.5. The van der Waals surface area contributed by atoms with Gasteiger partial charge in [-0.3, -0.25) is 0 Å². The highest BCUT2D eigenvalue weighted by molar-refractivity contribution is 5.43. The smallest absolute Gasteiger partial charge is 0.161 e. The Morgan fingerprint density at radius 2 is 1.89 bits per heavy atom. The van der Waals surface area contributed by atoms with Gasteiger partial charge >= 0.3 is 0 Å². The second-order valence-corrected chi connectivity index (χ2v) is 3.89. The molecule has 0 radical (unpaired) electrons. The Hall–Kier alpha value is -1.74. The number of hydrogen-bond donors (Lipinski definition) is 1. The molecule has 0 amide bonds. The highest BCUT2D eigenvalue weighted by Gasteiger charge is 2.12. The van der Waals surface area contributed by atoms with Crippen molar-refractivity contribution in [3.8, 4) is 11.5 Å². The van der Waals surface area contributed by atoms with Gasteiger partial charge in [0.1, 0.15) is 0 Å². The van der Waals surface area contributed by atoms with Crippen molar-refractivity contribution in [2.75, 3.05) is 20.8 Å². The number of ether oxygens (including phenoxy) is 2. The highest BCUT2D eigenvalue weighted by Crippen LogP contribution is 2.30. The molecule has 1 unspecified atom stereocenters. The quantitative estimate of drug-likeness (QED) is 0.716. The lowest BCUT2D eigenvalue weighted by atomic mass is 10.0. The second kappa shape index (κ2) is 7.56. The summed E-state index contributed by atoms with van der Waals surface area (Å²) in [7, 11) is 3.27. The Balaban J connectivity index is 2.96. The predicted octanol–water partition coefficient (Wildman–Crippen LogP) is 3.10. The largest absolute Gasteiger partial charge is 0.493 e. The molecule has 0 aliphatic rings. The standard InChI is InChI=1S/C15H21NO2/c1-5-7-13(16-10-6-2)12-8-9-14(17-3)15(11-12)18-4/h5-6,8-9,11,13,16H,1-2,7,10H2,3-4H3. The van der Waals surface area contributed by atoms with E-state index < -0.39 is 0 Å². The second-order valence-electron chi connectivity index (χ2n) is 3.89. The van der Waals surface area contributed by atoms with E-state index in [1.807, 2.05) is 30.4 Å². The van der Waals surface area contributed by atoms with Crippen molar-refractivity contribution in [2.45, 2.75) is 12.5 Å². The third-order valence-corrected chi connectivity index (χ3v) is 2.72. The van der Waals surface area contributed by atoms with E-state index in [1.165, 1.54) is 0 Å². The van der Waals surface area contributed by atoms with Crippen LogP contribution in [-0.2, 0) is 0 Å². The maximum absolute atomic E-state index is 5.31.